The number of ether oxygens (including phenoxy) is 1. The summed E-state index contributed by atoms with van der Waals surface area (Å²) in [4.78, 5) is 28.9. The lowest BCUT2D eigenvalue weighted by molar-refractivity contribution is -0.136. The van der Waals surface area contributed by atoms with Gasteiger partial charge in [0.05, 0.1) is 5.69 Å². The molecule has 6 heteroatoms. The first-order valence-electron chi connectivity index (χ1n) is 9.02. The largest absolute Gasteiger partial charge is 0.482 e. The van der Waals surface area contributed by atoms with Crippen molar-refractivity contribution in [1.82, 2.24) is 4.90 Å². The number of carbonyl (C=O) groups excluding carboxylic acids is 2. The Morgan fingerprint density at radius 1 is 1.28 bits per heavy atom. The standard InChI is InChI=1S/C19H24N2O4/c1-12-2-5-17-16(6-12)20(19(24)11-25-17)9-18(23)21-14-3-4-15(21)8-13(7-14)10-22/h2,5-6,13-15,22H,3-4,7-11H2,1H3/t13?,14-,15+. The fourth-order valence-corrected chi connectivity index (χ4v) is 4.55. The molecule has 3 heterocycles. The Labute approximate surface area is 147 Å². The summed E-state index contributed by atoms with van der Waals surface area (Å²) < 4.78 is 5.49. The number of nitrogens with zero attached hydrogens (tertiary/aromatic N) is 2. The molecule has 134 valence electrons. The van der Waals surface area contributed by atoms with Crippen LogP contribution in [0, 0.1) is 12.8 Å². The number of piperidine rings is 1. The van der Waals surface area contributed by atoms with E-state index in [1.165, 1.54) is 0 Å². The van der Waals surface area contributed by atoms with Crippen LogP contribution in [0.15, 0.2) is 18.2 Å². The number of fused-ring (bicyclic) bond motifs is 3. The molecular weight excluding hydrogens is 320 g/mol. The van der Waals surface area contributed by atoms with E-state index >= 15 is 0 Å². The number of carbonyl (C=O) groups is 2. The van der Waals surface area contributed by atoms with Crippen LogP contribution < -0.4 is 9.64 Å². The van der Waals surface area contributed by atoms with Crippen molar-refractivity contribution in [2.24, 2.45) is 5.92 Å². The summed E-state index contributed by atoms with van der Waals surface area (Å²) in [5.41, 5.74) is 1.71. The summed E-state index contributed by atoms with van der Waals surface area (Å²) in [6.07, 6.45) is 3.73. The molecule has 0 saturated carbocycles. The number of anilines is 1. The first kappa shape index (κ1) is 16.4. The summed E-state index contributed by atoms with van der Waals surface area (Å²) in [7, 11) is 0. The van der Waals surface area contributed by atoms with Crippen molar-refractivity contribution in [3.8, 4) is 5.75 Å². The zero-order chi connectivity index (χ0) is 17.6. The Morgan fingerprint density at radius 2 is 2.00 bits per heavy atom. The molecule has 3 aliphatic rings. The highest BCUT2D eigenvalue weighted by Gasteiger charge is 2.43. The first-order chi connectivity index (χ1) is 12.1. The normalized spacial score (nSPS) is 27.9. The van der Waals surface area contributed by atoms with Gasteiger partial charge in [0.15, 0.2) is 6.61 Å². The maximum absolute atomic E-state index is 13.0. The lowest BCUT2D eigenvalue weighted by Gasteiger charge is -2.40. The van der Waals surface area contributed by atoms with Gasteiger partial charge in [0.2, 0.25) is 5.91 Å². The van der Waals surface area contributed by atoms with Crippen molar-refractivity contribution in [3.05, 3.63) is 23.8 Å². The lowest BCUT2D eigenvalue weighted by Crippen LogP contribution is -2.52. The third kappa shape index (κ3) is 2.88. The highest BCUT2D eigenvalue weighted by atomic mass is 16.5. The van der Waals surface area contributed by atoms with Gasteiger partial charge in [-0.05, 0) is 56.2 Å². The fourth-order valence-electron chi connectivity index (χ4n) is 4.55. The second-order valence-electron chi connectivity index (χ2n) is 7.45. The molecule has 0 radical (unpaired) electrons. The molecule has 3 atom stereocenters. The average molecular weight is 344 g/mol. The number of aliphatic hydroxyl groups is 1. The molecule has 0 spiro atoms. The highest BCUT2D eigenvalue weighted by Crippen LogP contribution is 2.39. The molecule has 0 aliphatic carbocycles. The topological polar surface area (TPSA) is 70.1 Å². The smallest absolute Gasteiger partial charge is 0.265 e. The van der Waals surface area contributed by atoms with Gasteiger partial charge in [-0.1, -0.05) is 6.07 Å². The van der Waals surface area contributed by atoms with Crippen LogP contribution in [0.25, 0.3) is 0 Å². The van der Waals surface area contributed by atoms with Crippen LogP contribution >= 0.6 is 0 Å². The van der Waals surface area contributed by atoms with Crippen LogP contribution in [-0.2, 0) is 9.59 Å². The third-order valence-corrected chi connectivity index (χ3v) is 5.73. The molecule has 1 aromatic carbocycles. The first-order valence-corrected chi connectivity index (χ1v) is 9.02. The van der Waals surface area contributed by atoms with Crippen molar-refractivity contribution in [1.29, 1.82) is 0 Å². The minimum Gasteiger partial charge on any atom is -0.482 e. The Hall–Kier alpha value is -2.08. The van der Waals surface area contributed by atoms with E-state index in [0.717, 1.165) is 31.2 Å². The number of hydrogen-bond donors (Lipinski definition) is 1. The van der Waals surface area contributed by atoms with Gasteiger partial charge >= 0.3 is 0 Å². The Bertz CT molecular complexity index is 691. The van der Waals surface area contributed by atoms with Gasteiger partial charge in [-0.2, -0.15) is 0 Å². The van der Waals surface area contributed by atoms with Gasteiger partial charge in [-0.15, -0.1) is 0 Å². The molecule has 2 bridgehead atoms. The Balaban J connectivity index is 1.54. The maximum atomic E-state index is 13.0. The quantitative estimate of drug-likeness (QED) is 0.902. The second-order valence-corrected chi connectivity index (χ2v) is 7.45. The molecule has 6 nitrogen and oxygen atoms in total. The molecular formula is C19H24N2O4. The molecule has 4 rings (SSSR count). The van der Waals surface area contributed by atoms with Crippen LogP contribution in [0.2, 0.25) is 0 Å². The van der Waals surface area contributed by atoms with Crippen molar-refractivity contribution in [3.63, 3.8) is 0 Å². The monoisotopic (exact) mass is 344 g/mol. The van der Waals surface area contributed by atoms with E-state index in [0.29, 0.717) is 17.4 Å². The summed E-state index contributed by atoms with van der Waals surface area (Å²) in [6.45, 7) is 2.20. The van der Waals surface area contributed by atoms with E-state index < -0.39 is 0 Å². The van der Waals surface area contributed by atoms with E-state index in [2.05, 4.69) is 0 Å². The van der Waals surface area contributed by atoms with Crippen LogP contribution in [0.3, 0.4) is 0 Å². The van der Waals surface area contributed by atoms with Crippen LogP contribution in [0.5, 0.6) is 5.75 Å². The van der Waals surface area contributed by atoms with Crippen molar-refractivity contribution < 1.29 is 19.4 Å². The number of amides is 2. The van der Waals surface area contributed by atoms with E-state index in [1.807, 2.05) is 30.0 Å². The molecule has 2 saturated heterocycles. The number of hydrogen-bond acceptors (Lipinski definition) is 4. The van der Waals surface area contributed by atoms with Crippen molar-refractivity contribution in [2.45, 2.75) is 44.7 Å². The molecule has 2 amide bonds. The summed E-state index contributed by atoms with van der Waals surface area (Å²) in [6, 6.07) is 6.10. The van der Waals surface area contributed by atoms with Gasteiger partial charge in [0.1, 0.15) is 12.3 Å². The summed E-state index contributed by atoms with van der Waals surface area (Å²) in [5, 5.41) is 9.44. The van der Waals surface area contributed by atoms with Gasteiger partial charge < -0.3 is 14.7 Å². The Kier molecular flexibility index (Phi) is 4.15. The average Bonchev–Trinajstić information content (AvgIpc) is 2.87. The van der Waals surface area contributed by atoms with Gasteiger partial charge in [-0.3, -0.25) is 14.5 Å². The highest BCUT2D eigenvalue weighted by molar-refractivity contribution is 6.02. The van der Waals surface area contributed by atoms with Crippen LogP contribution in [-0.4, -0.2) is 53.7 Å². The van der Waals surface area contributed by atoms with Gasteiger partial charge in [0.25, 0.3) is 5.91 Å². The number of aryl methyl sites for hydroxylation is 1. The fraction of sp³-hybridized carbons (Fsp3) is 0.579. The number of aliphatic hydroxyl groups excluding tert-OH is 1. The SMILES string of the molecule is Cc1ccc2c(c1)N(CC(=O)N1[C@@H]3CC[C@H]1CC(CO)C3)C(=O)CO2. The van der Waals surface area contributed by atoms with E-state index in [-0.39, 0.29) is 43.7 Å². The van der Waals surface area contributed by atoms with Gasteiger partial charge in [0, 0.05) is 18.7 Å². The number of rotatable bonds is 3. The molecule has 0 aromatic heterocycles. The van der Waals surface area contributed by atoms with Crippen molar-refractivity contribution in [2.75, 3.05) is 24.7 Å². The molecule has 1 unspecified atom stereocenters. The number of benzene rings is 1. The van der Waals surface area contributed by atoms with Gasteiger partial charge in [-0.25, -0.2) is 0 Å². The zero-order valence-corrected chi connectivity index (χ0v) is 14.5. The maximum Gasteiger partial charge on any atom is 0.265 e. The van der Waals surface area contributed by atoms with Crippen molar-refractivity contribution >= 4 is 17.5 Å². The Morgan fingerprint density at radius 3 is 2.68 bits per heavy atom. The predicted molar refractivity (Wildman–Crippen MR) is 92.5 cm³/mol. The third-order valence-electron chi connectivity index (χ3n) is 5.73. The zero-order valence-electron chi connectivity index (χ0n) is 14.5. The minimum atomic E-state index is -0.177. The minimum absolute atomic E-state index is 0.00611. The molecule has 1 N–H and O–H groups in total. The van der Waals surface area contributed by atoms with E-state index in [9.17, 15) is 14.7 Å². The van der Waals surface area contributed by atoms with E-state index in [4.69, 9.17) is 4.74 Å². The molecule has 1 aromatic rings. The van der Waals surface area contributed by atoms with E-state index in [1.54, 1.807) is 4.90 Å². The second kappa shape index (κ2) is 6.33. The van der Waals surface area contributed by atoms with Crippen LogP contribution in [0.4, 0.5) is 5.69 Å². The summed E-state index contributed by atoms with van der Waals surface area (Å²) in [5.74, 6) is 0.783. The molecule has 2 fully saturated rings. The van der Waals surface area contributed by atoms with Crippen LogP contribution in [0.1, 0.15) is 31.2 Å². The summed E-state index contributed by atoms with van der Waals surface area (Å²) >= 11 is 0. The molecule has 3 aliphatic heterocycles. The predicted octanol–water partition coefficient (Wildman–Crippen LogP) is 1.48. The lowest BCUT2D eigenvalue weighted by atomic mass is 9.91. The molecule has 25 heavy (non-hydrogen) atoms.